The Morgan fingerprint density at radius 1 is 0.917 bits per heavy atom. The predicted molar refractivity (Wildman–Crippen MR) is 98.3 cm³/mol. The molecule has 1 aromatic rings. The quantitative estimate of drug-likeness (QED) is 0.353. The van der Waals surface area contributed by atoms with E-state index in [0.29, 0.717) is 5.82 Å². The van der Waals surface area contributed by atoms with Crippen LogP contribution in [0.3, 0.4) is 0 Å². The van der Waals surface area contributed by atoms with Gasteiger partial charge in [0.1, 0.15) is 12.4 Å². The predicted octanol–water partition coefficient (Wildman–Crippen LogP) is 5.19. The van der Waals surface area contributed by atoms with Gasteiger partial charge in [-0.25, -0.2) is 13.9 Å². The molecular weight excluding hydrogens is 300 g/mol. The normalized spacial score (nSPS) is 11.1. The van der Waals surface area contributed by atoms with Crippen molar-refractivity contribution >= 4 is 5.97 Å². The van der Waals surface area contributed by atoms with E-state index < -0.39 is 5.97 Å². The van der Waals surface area contributed by atoms with E-state index >= 15 is 0 Å². The van der Waals surface area contributed by atoms with Gasteiger partial charge in [0.15, 0.2) is 0 Å². The first kappa shape index (κ1) is 20.7. The fourth-order valence-corrected chi connectivity index (χ4v) is 3.20. The number of nitrogens with zero attached hydrogens (tertiary/aromatic N) is 2. The van der Waals surface area contributed by atoms with E-state index in [4.69, 9.17) is 0 Å². The Labute approximate surface area is 147 Å². The number of carbonyl (C=O) groups is 1. The van der Waals surface area contributed by atoms with Gasteiger partial charge in [-0.05, 0) is 25.7 Å². The van der Waals surface area contributed by atoms with Gasteiger partial charge in [0.25, 0.3) is 0 Å². The fraction of sp³-hybridized carbons (Fsp3) is 0.800. The Balaban J connectivity index is 2.38. The van der Waals surface area contributed by atoms with E-state index in [1.807, 2.05) is 21.5 Å². The van der Waals surface area contributed by atoms with Crippen LogP contribution in [0.5, 0.6) is 0 Å². The monoisotopic (exact) mass is 337 g/mol. The molecule has 24 heavy (non-hydrogen) atoms. The number of carboxylic acids is 1. The molecule has 0 bridgehead atoms. The van der Waals surface area contributed by atoms with Crippen LogP contribution in [0.4, 0.5) is 0 Å². The summed E-state index contributed by atoms with van der Waals surface area (Å²) in [6, 6.07) is 0. The number of imidazole rings is 1. The van der Waals surface area contributed by atoms with Gasteiger partial charge in [-0.1, -0.05) is 65.2 Å². The Bertz CT molecular complexity index is 421. The lowest BCUT2D eigenvalue weighted by atomic mass is 10.1. The highest BCUT2D eigenvalue weighted by Gasteiger charge is 2.23. The third kappa shape index (κ3) is 7.98. The van der Waals surface area contributed by atoms with E-state index in [0.717, 1.165) is 25.9 Å². The first-order chi connectivity index (χ1) is 11.7. The van der Waals surface area contributed by atoms with Crippen LogP contribution < -0.4 is 4.57 Å². The van der Waals surface area contributed by atoms with Gasteiger partial charge >= 0.3 is 11.8 Å². The van der Waals surface area contributed by atoms with Gasteiger partial charge in [-0.3, -0.25) is 0 Å². The standard InChI is InChI=1S/C20H36N2O2/c1-3-5-7-9-11-13-15-21-17-18-22(19(21)20(23)24)16-14-12-10-8-6-4-2/h17-18H,3-16H2,1-2H3/p+1. The maximum atomic E-state index is 11.6. The lowest BCUT2D eigenvalue weighted by Crippen LogP contribution is -2.39. The summed E-state index contributed by atoms with van der Waals surface area (Å²) in [4.78, 5) is 11.6. The maximum absolute atomic E-state index is 11.6. The Hall–Kier alpha value is -1.32. The molecule has 0 radical (unpaired) electrons. The lowest BCUT2D eigenvalue weighted by molar-refractivity contribution is -0.699. The first-order valence-corrected chi connectivity index (χ1v) is 10.0. The molecule has 4 heteroatoms. The summed E-state index contributed by atoms with van der Waals surface area (Å²) < 4.78 is 3.83. The van der Waals surface area contributed by atoms with Crippen molar-refractivity contribution in [2.45, 2.75) is 104 Å². The van der Waals surface area contributed by atoms with Crippen molar-refractivity contribution in [2.75, 3.05) is 0 Å². The van der Waals surface area contributed by atoms with Crippen molar-refractivity contribution in [2.24, 2.45) is 0 Å². The largest absolute Gasteiger partial charge is 0.472 e. The summed E-state index contributed by atoms with van der Waals surface area (Å²) in [7, 11) is 0. The Morgan fingerprint density at radius 2 is 1.46 bits per heavy atom. The van der Waals surface area contributed by atoms with E-state index in [1.54, 1.807) is 0 Å². The molecule has 0 saturated carbocycles. The summed E-state index contributed by atoms with van der Waals surface area (Å²) in [5, 5.41) is 9.54. The molecule has 1 rings (SSSR count). The molecule has 1 aromatic heterocycles. The van der Waals surface area contributed by atoms with Gasteiger partial charge < -0.3 is 5.11 Å². The van der Waals surface area contributed by atoms with Gasteiger partial charge in [-0.15, -0.1) is 0 Å². The molecule has 1 heterocycles. The third-order valence-corrected chi connectivity index (χ3v) is 4.67. The highest BCUT2D eigenvalue weighted by Crippen LogP contribution is 2.08. The molecule has 0 aliphatic carbocycles. The number of carboxylic acid groups (broad SMARTS) is 1. The number of rotatable bonds is 15. The molecule has 0 spiro atoms. The smallest absolute Gasteiger partial charge is 0.419 e. The summed E-state index contributed by atoms with van der Waals surface area (Å²) in [5.74, 6) is -0.367. The van der Waals surface area contributed by atoms with Gasteiger partial charge in [0, 0.05) is 0 Å². The van der Waals surface area contributed by atoms with E-state index in [1.165, 1.54) is 64.2 Å². The van der Waals surface area contributed by atoms with Gasteiger partial charge in [0.05, 0.1) is 13.1 Å². The summed E-state index contributed by atoms with van der Waals surface area (Å²) in [6.45, 7) is 6.08. The van der Waals surface area contributed by atoms with E-state index in [-0.39, 0.29) is 0 Å². The molecule has 0 unspecified atom stereocenters. The topological polar surface area (TPSA) is 46.1 Å². The van der Waals surface area contributed by atoms with Crippen LogP contribution in [-0.4, -0.2) is 15.6 Å². The van der Waals surface area contributed by atoms with E-state index in [9.17, 15) is 9.90 Å². The molecule has 0 aliphatic heterocycles. The highest BCUT2D eigenvalue weighted by atomic mass is 16.4. The molecule has 0 aromatic carbocycles. The molecule has 0 fully saturated rings. The average Bonchev–Trinajstić information content (AvgIpc) is 2.97. The molecule has 0 amide bonds. The van der Waals surface area contributed by atoms with Crippen molar-refractivity contribution < 1.29 is 14.5 Å². The number of aromatic nitrogens is 2. The second-order valence-corrected chi connectivity index (χ2v) is 6.85. The van der Waals surface area contributed by atoms with Crippen LogP contribution in [0.2, 0.25) is 0 Å². The second-order valence-electron chi connectivity index (χ2n) is 6.85. The zero-order valence-corrected chi connectivity index (χ0v) is 15.8. The number of unbranched alkanes of at least 4 members (excludes halogenated alkanes) is 10. The lowest BCUT2D eigenvalue weighted by Gasteiger charge is -2.03. The Morgan fingerprint density at radius 3 is 2.04 bits per heavy atom. The molecule has 0 aliphatic rings. The zero-order valence-electron chi connectivity index (χ0n) is 15.8. The third-order valence-electron chi connectivity index (χ3n) is 4.67. The summed E-state index contributed by atoms with van der Waals surface area (Å²) in [6.07, 6.45) is 18.6. The van der Waals surface area contributed by atoms with Crippen LogP contribution in [0.25, 0.3) is 0 Å². The number of hydrogen-bond donors (Lipinski definition) is 1. The Kier molecular flexibility index (Phi) is 11.2. The van der Waals surface area contributed by atoms with Crippen molar-refractivity contribution in [1.29, 1.82) is 0 Å². The summed E-state index contributed by atoms with van der Waals surface area (Å²) >= 11 is 0. The first-order valence-electron chi connectivity index (χ1n) is 10.0. The molecular formula is C20H37N2O2+. The van der Waals surface area contributed by atoms with Gasteiger partial charge in [0.2, 0.25) is 0 Å². The van der Waals surface area contributed by atoms with Crippen LogP contribution in [0, 0.1) is 0 Å². The van der Waals surface area contributed by atoms with Gasteiger partial charge in [-0.2, -0.15) is 0 Å². The minimum absolute atomic E-state index is 0.442. The minimum atomic E-state index is -0.808. The van der Waals surface area contributed by atoms with Crippen LogP contribution in [0.1, 0.15) is 102 Å². The second kappa shape index (κ2) is 13.0. The molecule has 0 atom stereocenters. The highest BCUT2D eigenvalue weighted by molar-refractivity contribution is 5.81. The number of aromatic carboxylic acids is 1. The van der Waals surface area contributed by atoms with Crippen LogP contribution in [-0.2, 0) is 13.1 Å². The fourth-order valence-electron chi connectivity index (χ4n) is 3.20. The molecule has 1 N–H and O–H groups in total. The zero-order chi connectivity index (χ0) is 17.6. The number of aryl methyl sites for hydroxylation is 2. The minimum Gasteiger partial charge on any atom is -0.472 e. The summed E-state index contributed by atoms with van der Waals surface area (Å²) in [5.41, 5.74) is 0. The number of hydrogen-bond acceptors (Lipinski definition) is 1. The van der Waals surface area contributed by atoms with Crippen molar-refractivity contribution in [3.05, 3.63) is 18.2 Å². The maximum Gasteiger partial charge on any atom is 0.419 e. The van der Waals surface area contributed by atoms with Crippen molar-refractivity contribution in [3.63, 3.8) is 0 Å². The van der Waals surface area contributed by atoms with Crippen LogP contribution in [0.15, 0.2) is 12.4 Å². The molecule has 0 saturated heterocycles. The molecule has 138 valence electrons. The van der Waals surface area contributed by atoms with Crippen LogP contribution >= 0.6 is 0 Å². The van der Waals surface area contributed by atoms with E-state index in [2.05, 4.69) is 13.8 Å². The van der Waals surface area contributed by atoms with Crippen molar-refractivity contribution in [1.82, 2.24) is 4.57 Å². The average molecular weight is 338 g/mol. The van der Waals surface area contributed by atoms with Crippen molar-refractivity contribution in [3.8, 4) is 0 Å². The SMILES string of the molecule is CCCCCCCCn1cc[n+](CCCCCCCC)c1C(=O)O. The molecule has 4 nitrogen and oxygen atoms in total.